The number of guanidine groups is 1. The number of nitrogens with one attached hydrogen (secondary N) is 2. The van der Waals surface area contributed by atoms with Gasteiger partial charge in [-0.3, -0.25) is 4.99 Å². The Kier molecular flexibility index (Phi) is 6.74. The Balaban J connectivity index is 0.00000192. The number of benzene rings is 1. The molecule has 0 bridgehead atoms. The van der Waals surface area contributed by atoms with Gasteiger partial charge in [-0.15, -0.1) is 24.0 Å². The predicted molar refractivity (Wildman–Crippen MR) is 109 cm³/mol. The van der Waals surface area contributed by atoms with Gasteiger partial charge < -0.3 is 10.6 Å². The third kappa shape index (κ3) is 5.37. The van der Waals surface area contributed by atoms with Gasteiger partial charge in [0.2, 0.25) is 0 Å². The number of aryl methyl sites for hydroxylation is 1. The van der Waals surface area contributed by atoms with Gasteiger partial charge in [0.1, 0.15) is 0 Å². The van der Waals surface area contributed by atoms with Crippen molar-refractivity contribution in [2.75, 3.05) is 13.6 Å². The molecule has 4 heteroatoms. The summed E-state index contributed by atoms with van der Waals surface area (Å²) >= 11 is 0. The van der Waals surface area contributed by atoms with E-state index in [1.54, 1.807) is 0 Å². The molecule has 3 nitrogen and oxygen atoms in total. The van der Waals surface area contributed by atoms with E-state index < -0.39 is 0 Å². The maximum atomic E-state index is 4.39. The summed E-state index contributed by atoms with van der Waals surface area (Å²) in [7, 11) is 1.87. The fourth-order valence-corrected chi connectivity index (χ4v) is 3.37. The van der Waals surface area contributed by atoms with Gasteiger partial charge in [-0.05, 0) is 62.3 Å². The van der Waals surface area contributed by atoms with Crippen molar-refractivity contribution in [3.8, 4) is 0 Å². The van der Waals surface area contributed by atoms with E-state index in [-0.39, 0.29) is 24.0 Å². The molecule has 23 heavy (non-hydrogen) atoms. The number of aliphatic imine (C=N–C) groups is 1. The van der Waals surface area contributed by atoms with Crippen LogP contribution in [0.2, 0.25) is 0 Å². The Morgan fingerprint density at radius 1 is 1.26 bits per heavy atom. The van der Waals surface area contributed by atoms with Crippen LogP contribution in [0.1, 0.15) is 44.6 Å². The minimum Gasteiger partial charge on any atom is -0.356 e. The maximum Gasteiger partial charge on any atom is 0.191 e. The van der Waals surface area contributed by atoms with E-state index in [4.69, 9.17) is 0 Å². The molecule has 0 radical (unpaired) electrons. The van der Waals surface area contributed by atoms with Gasteiger partial charge in [-0.1, -0.05) is 30.3 Å². The third-order valence-corrected chi connectivity index (χ3v) is 5.26. The number of rotatable bonds is 7. The van der Waals surface area contributed by atoms with E-state index >= 15 is 0 Å². The lowest BCUT2D eigenvalue weighted by Crippen LogP contribution is -2.44. The molecule has 1 aromatic rings. The first-order chi connectivity index (χ1) is 10.7. The average molecular weight is 427 g/mol. The molecule has 0 heterocycles. The first-order valence-electron chi connectivity index (χ1n) is 8.73. The Morgan fingerprint density at radius 2 is 1.96 bits per heavy atom. The molecule has 1 aromatic carbocycles. The van der Waals surface area contributed by atoms with E-state index in [2.05, 4.69) is 52.9 Å². The topological polar surface area (TPSA) is 36.4 Å². The molecule has 0 spiro atoms. The van der Waals surface area contributed by atoms with Crippen LogP contribution >= 0.6 is 24.0 Å². The standard InChI is InChI=1S/C19H29N3.HI/c1-15(8-9-16-6-4-3-5-7-16)22-18(20-2)21-14-19(12-13-19)17-10-11-17;/h3-7,15,17H,8-14H2,1-2H3,(H2,20,21,22);1H. The van der Waals surface area contributed by atoms with Crippen molar-refractivity contribution in [3.05, 3.63) is 35.9 Å². The zero-order chi connectivity index (χ0) is 15.4. The van der Waals surface area contributed by atoms with Crippen LogP contribution in [0.5, 0.6) is 0 Å². The molecule has 2 aliphatic rings. The SMILES string of the molecule is CN=C(NCC1(C2CC2)CC1)NC(C)CCc1ccccc1.I. The maximum absolute atomic E-state index is 4.39. The van der Waals surface area contributed by atoms with E-state index in [1.807, 2.05) is 7.05 Å². The zero-order valence-electron chi connectivity index (χ0n) is 14.3. The second-order valence-corrected chi connectivity index (χ2v) is 7.13. The van der Waals surface area contributed by atoms with Gasteiger partial charge in [0.25, 0.3) is 0 Å². The Bertz CT molecular complexity index is 507. The molecule has 128 valence electrons. The molecule has 0 aromatic heterocycles. The molecular formula is C19H30IN3. The second-order valence-electron chi connectivity index (χ2n) is 7.13. The van der Waals surface area contributed by atoms with E-state index in [9.17, 15) is 0 Å². The van der Waals surface area contributed by atoms with Crippen LogP contribution in [0.15, 0.2) is 35.3 Å². The van der Waals surface area contributed by atoms with Crippen LogP contribution in [0.25, 0.3) is 0 Å². The van der Waals surface area contributed by atoms with E-state index in [0.29, 0.717) is 11.5 Å². The zero-order valence-corrected chi connectivity index (χ0v) is 16.7. The molecule has 0 saturated heterocycles. The molecule has 0 aliphatic heterocycles. The quantitative estimate of drug-likeness (QED) is 0.392. The summed E-state index contributed by atoms with van der Waals surface area (Å²) in [5, 5.41) is 7.10. The van der Waals surface area contributed by atoms with Gasteiger partial charge in [-0.25, -0.2) is 0 Å². The van der Waals surface area contributed by atoms with Gasteiger partial charge in [0.05, 0.1) is 0 Å². The number of nitrogens with zero attached hydrogens (tertiary/aromatic N) is 1. The van der Waals surface area contributed by atoms with Crippen LogP contribution in [-0.4, -0.2) is 25.6 Å². The number of hydrogen-bond donors (Lipinski definition) is 2. The molecular weight excluding hydrogens is 397 g/mol. The Hall–Kier alpha value is -0.780. The minimum absolute atomic E-state index is 0. The summed E-state index contributed by atoms with van der Waals surface area (Å²) in [6.45, 7) is 3.34. The van der Waals surface area contributed by atoms with Crippen LogP contribution in [0, 0.1) is 11.3 Å². The summed E-state index contributed by atoms with van der Waals surface area (Å²) in [5.41, 5.74) is 2.02. The predicted octanol–water partition coefficient (Wildman–Crippen LogP) is 3.98. The molecule has 2 saturated carbocycles. The lowest BCUT2D eigenvalue weighted by molar-refractivity contribution is 0.429. The lowest BCUT2D eigenvalue weighted by Gasteiger charge is -2.21. The number of hydrogen-bond acceptors (Lipinski definition) is 1. The highest BCUT2D eigenvalue weighted by atomic mass is 127. The Labute approximate surface area is 157 Å². The lowest BCUT2D eigenvalue weighted by atomic mass is 10.0. The normalized spacial score (nSPS) is 20.3. The summed E-state index contributed by atoms with van der Waals surface area (Å²) in [6, 6.07) is 11.1. The highest BCUT2D eigenvalue weighted by Crippen LogP contribution is 2.60. The van der Waals surface area contributed by atoms with Crippen LogP contribution in [0.4, 0.5) is 0 Å². The van der Waals surface area contributed by atoms with Crippen molar-refractivity contribution in [2.24, 2.45) is 16.3 Å². The largest absolute Gasteiger partial charge is 0.356 e. The van der Waals surface area contributed by atoms with Crippen LogP contribution in [0.3, 0.4) is 0 Å². The van der Waals surface area contributed by atoms with E-state index in [1.165, 1.54) is 31.2 Å². The molecule has 2 fully saturated rings. The van der Waals surface area contributed by atoms with Crippen molar-refractivity contribution in [2.45, 2.75) is 51.5 Å². The smallest absolute Gasteiger partial charge is 0.191 e. The first kappa shape index (κ1) is 18.6. The summed E-state index contributed by atoms with van der Waals surface area (Å²) in [6.07, 6.45) is 7.94. The van der Waals surface area contributed by atoms with Gasteiger partial charge >= 0.3 is 0 Å². The van der Waals surface area contributed by atoms with Gasteiger partial charge in [0, 0.05) is 19.6 Å². The highest BCUT2D eigenvalue weighted by Gasteiger charge is 2.53. The summed E-state index contributed by atoms with van der Waals surface area (Å²) < 4.78 is 0. The van der Waals surface area contributed by atoms with E-state index in [0.717, 1.165) is 31.3 Å². The number of halogens is 1. The minimum atomic E-state index is 0. The fraction of sp³-hybridized carbons (Fsp3) is 0.632. The van der Waals surface area contributed by atoms with Crippen molar-refractivity contribution in [1.82, 2.24) is 10.6 Å². The average Bonchev–Trinajstić information content (AvgIpc) is 3.43. The molecule has 2 aliphatic carbocycles. The highest BCUT2D eigenvalue weighted by molar-refractivity contribution is 14.0. The van der Waals surface area contributed by atoms with Gasteiger partial charge in [0.15, 0.2) is 5.96 Å². The van der Waals surface area contributed by atoms with Crippen molar-refractivity contribution < 1.29 is 0 Å². The van der Waals surface area contributed by atoms with Gasteiger partial charge in [-0.2, -0.15) is 0 Å². The summed E-state index contributed by atoms with van der Waals surface area (Å²) in [4.78, 5) is 4.39. The third-order valence-electron chi connectivity index (χ3n) is 5.26. The van der Waals surface area contributed by atoms with Crippen LogP contribution < -0.4 is 10.6 Å². The fourth-order valence-electron chi connectivity index (χ4n) is 3.37. The molecule has 1 unspecified atom stereocenters. The monoisotopic (exact) mass is 427 g/mol. The molecule has 3 rings (SSSR count). The molecule has 2 N–H and O–H groups in total. The molecule has 1 atom stereocenters. The van der Waals surface area contributed by atoms with Crippen LogP contribution in [-0.2, 0) is 6.42 Å². The van der Waals surface area contributed by atoms with Crippen molar-refractivity contribution in [1.29, 1.82) is 0 Å². The summed E-state index contributed by atoms with van der Waals surface area (Å²) in [5.74, 6) is 1.96. The van der Waals surface area contributed by atoms with Crippen molar-refractivity contribution in [3.63, 3.8) is 0 Å². The van der Waals surface area contributed by atoms with Crippen molar-refractivity contribution >= 4 is 29.9 Å². The Morgan fingerprint density at radius 3 is 2.52 bits per heavy atom. The first-order valence-corrected chi connectivity index (χ1v) is 8.73. The molecule has 0 amide bonds. The second kappa shape index (κ2) is 8.36.